The fraction of sp³-hybridized carbons (Fsp3) is 0.636. The molecule has 0 heterocycles. The van der Waals surface area contributed by atoms with E-state index in [9.17, 15) is 0 Å². The second-order valence-electron chi connectivity index (χ2n) is 21.4. The van der Waals surface area contributed by atoms with E-state index in [1.54, 1.807) is 0 Å². The number of aryl methyl sites for hydroxylation is 4. The van der Waals surface area contributed by atoms with Crippen molar-refractivity contribution in [1.82, 2.24) is 0 Å². The van der Waals surface area contributed by atoms with Crippen molar-refractivity contribution in [3.8, 4) is 23.0 Å². The molecule has 1 unspecified atom stereocenters. The van der Waals surface area contributed by atoms with Crippen LogP contribution < -0.4 is 18.1 Å². The van der Waals surface area contributed by atoms with E-state index in [1.807, 2.05) is 45.0 Å². The number of para-hydroxylation sites is 4. The molecule has 9 heteroatoms. The Bertz CT molecular complexity index is 1880. The highest BCUT2D eigenvalue weighted by Crippen LogP contribution is 2.48. The number of hydrogen-bond acceptors (Lipinski definition) is 7. The van der Waals surface area contributed by atoms with Gasteiger partial charge < -0.3 is 22.8 Å². The first-order valence-corrected chi connectivity index (χ1v) is 32.6. The average Bonchev–Trinajstić information content (AvgIpc) is 3.40. The summed E-state index contributed by atoms with van der Waals surface area (Å²) in [6.45, 7) is 15.2. The van der Waals surface area contributed by atoms with Gasteiger partial charge in [0.25, 0.3) is 0 Å². The highest BCUT2D eigenvalue weighted by atomic mass is 31.2. The van der Waals surface area contributed by atoms with Crippen LogP contribution in [-0.4, -0.2) is 18.5 Å². The molecular weight excluding hydrogens is 967 g/mol. The summed E-state index contributed by atoms with van der Waals surface area (Å²) in [6.07, 6.45) is 38.7. The van der Waals surface area contributed by atoms with E-state index in [1.165, 1.54) is 176 Å². The minimum Gasteiger partial charge on any atom is -0.417 e. The Morgan fingerprint density at radius 3 is 0.893 bits per heavy atom. The predicted octanol–water partition coefficient (Wildman–Crippen LogP) is 22.1. The van der Waals surface area contributed by atoms with Crippen LogP contribution in [-0.2, 0) is 39.5 Å². The van der Waals surface area contributed by atoms with Crippen LogP contribution in [0.15, 0.2) is 97.1 Å². The second-order valence-corrected chi connectivity index (χ2v) is 23.5. The summed E-state index contributed by atoms with van der Waals surface area (Å²) in [5, 5.41) is 0. The van der Waals surface area contributed by atoms with Crippen LogP contribution in [0.4, 0.5) is 0 Å². The maximum Gasteiger partial charge on any atom is 0.465 e. The van der Waals surface area contributed by atoms with Crippen molar-refractivity contribution >= 4 is 17.2 Å². The van der Waals surface area contributed by atoms with Crippen molar-refractivity contribution in [1.29, 1.82) is 0 Å². The first-order valence-electron chi connectivity index (χ1n) is 30.4. The van der Waals surface area contributed by atoms with Crippen molar-refractivity contribution in [2.24, 2.45) is 0 Å². The number of benzene rings is 4. The van der Waals surface area contributed by atoms with Crippen LogP contribution in [0.1, 0.15) is 251 Å². The summed E-state index contributed by atoms with van der Waals surface area (Å²) in [5.41, 5.74) is 4.71. The predicted molar refractivity (Wildman–Crippen MR) is 321 cm³/mol. The third kappa shape index (κ3) is 28.9. The summed E-state index contributed by atoms with van der Waals surface area (Å²) < 4.78 is 47.6. The van der Waals surface area contributed by atoms with E-state index in [0.717, 1.165) is 74.4 Å². The van der Waals surface area contributed by atoms with Gasteiger partial charge in [-0.05, 0) is 119 Å². The molecule has 0 fully saturated rings. The van der Waals surface area contributed by atoms with Crippen LogP contribution in [0.2, 0.25) is 0 Å². The van der Waals surface area contributed by atoms with Crippen molar-refractivity contribution < 1.29 is 31.9 Å². The van der Waals surface area contributed by atoms with E-state index in [2.05, 4.69) is 100 Å². The van der Waals surface area contributed by atoms with Gasteiger partial charge in [0.2, 0.25) is 0 Å². The summed E-state index contributed by atoms with van der Waals surface area (Å²) in [6, 6.07) is 33.5. The lowest BCUT2D eigenvalue weighted by Gasteiger charge is -2.32. The summed E-state index contributed by atoms with van der Waals surface area (Å²) in [7, 11) is -3.81. The van der Waals surface area contributed by atoms with Gasteiger partial charge in [0.15, 0.2) is 5.79 Å². The fourth-order valence-electron chi connectivity index (χ4n) is 9.62. The molecular formula is C66H104O7P2. The Hall–Kier alpha value is -3.18. The van der Waals surface area contributed by atoms with Crippen LogP contribution in [0, 0.1) is 0 Å². The van der Waals surface area contributed by atoms with Crippen molar-refractivity contribution in [2.75, 3.05) is 6.61 Å². The quantitative estimate of drug-likeness (QED) is 0.0248. The average molecular weight is 1070 g/mol. The SMILES string of the molecule is CCCCCCCCCc1ccccc1OP(OCC(C)OC(C)(C)OP(Oc1ccccc1CCCCCCCCC)Oc1ccccc1CCCCCCCCC)Oc1ccccc1CCCCCCCCC. The van der Waals surface area contributed by atoms with Gasteiger partial charge in [-0.2, -0.15) is 0 Å². The molecule has 0 amide bonds. The van der Waals surface area contributed by atoms with Gasteiger partial charge in [0.1, 0.15) is 23.0 Å². The highest BCUT2D eigenvalue weighted by Gasteiger charge is 2.33. The molecule has 4 rings (SSSR count). The first kappa shape index (κ1) is 64.3. The van der Waals surface area contributed by atoms with Gasteiger partial charge >= 0.3 is 17.2 Å². The van der Waals surface area contributed by atoms with Gasteiger partial charge in [-0.25, -0.2) is 0 Å². The van der Waals surface area contributed by atoms with Crippen LogP contribution in [0.25, 0.3) is 0 Å². The number of unbranched alkanes of at least 4 members (excludes halogenated alkanes) is 24. The Balaban J connectivity index is 1.50. The summed E-state index contributed by atoms with van der Waals surface area (Å²) in [4.78, 5) is 0. The lowest BCUT2D eigenvalue weighted by Crippen LogP contribution is -2.34. The van der Waals surface area contributed by atoms with Gasteiger partial charge in [-0.1, -0.05) is 255 Å². The maximum absolute atomic E-state index is 6.85. The fourth-order valence-corrected chi connectivity index (χ4v) is 12.0. The molecule has 0 aliphatic rings. The van der Waals surface area contributed by atoms with E-state index in [4.69, 9.17) is 31.9 Å². The lowest BCUT2D eigenvalue weighted by molar-refractivity contribution is -0.191. The molecule has 0 radical (unpaired) electrons. The molecule has 0 N–H and O–H groups in total. The van der Waals surface area contributed by atoms with Gasteiger partial charge in [-0.3, -0.25) is 9.05 Å². The Morgan fingerprint density at radius 2 is 0.600 bits per heavy atom. The van der Waals surface area contributed by atoms with Gasteiger partial charge in [0, 0.05) is 0 Å². The molecule has 7 nitrogen and oxygen atoms in total. The minimum atomic E-state index is -1.95. The van der Waals surface area contributed by atoms with E-state index < -0.39 is 29.1 Å². The monoisotopic (exact) mass is 1070 g/mol. The lowest BCUT2D eigenvalue weighted by atomic mass is 10.0. The molecule has 4 aromatic carbocycles. The van der Waals surface area contributed by atoms with Crippen LogP contribution in [0.3, 0.4) is 0 Å². The molecule has 75 heavy (non-hydrogen) atoms. The van der Waals surface area contributed by atoms with E-state index >= 15 is 0 Å². The zero-order valence-corrected chi connectivity index (χ0v) is 50.2. The topological polar surface area (TPSA) is 64.6 Å². The molecule has 0 aliphatic carbocycles. The van der Waals surface area contributed by atoms with Crippen molar-refractivity contribution in [3.63, 3.8) is 0 Å². The van der Waals surface area contributed by atoms with Crippen LogP contribution >= 0.6 is 17.2 Å². The number of rotatable bonds is 47. The minimum absolute atomic E-state index is 0.223. The standard InChI is InChI=1S/C66H104O7P2/c1-8-12-16-20-24-28-32-44-58-48-36-40-52-62(58)69-74(70-63-53-41-37-49-59(63)45-33-29-25-21-17-13-9-2)67-56-57(5)68-66(6,7)73-75(71-64-54-42-38-50-60(64)46-34-30-26-22-18-14-10-3)72-65-55-43-39-51-61(65)47-35-31-27-23-19-15-11-4/h36-43,48-55,57H,8-35,44-47,56H2,1-7H3. The van der Waals surface area contributed by atoms with Crippen LogP contribution in [0.5, 0.6) is 23.0 Å². The molecule has 4 aromatic rings. The van der Waals surface area contributed by atoms with Gasteiger partial charge in [0.05, 0.1) is 12.7 Å². The Morgan fingerprint density at radius 1 is 0.347 bits per heavy atom. The van der Waals surface area contributed by atoms with Crippen molar-refractivity contribution in [2.45, 2.75) is 266 Å². The molecule has 0 saturated heterocycles. The third-order valence-electron chi connectivity index (χ3n) is 14.0. The summed E-state index contributed by atoms with van der Waals surface area (Å²) >= 11 is 0. The Kier molecular flexibility index (Phi) is 35.1. The molecule has 0 spiro atoms. The normalized spacial score (nSPS) is 12.2. The third-order valence-corrected chi connectivity index (χ3v) is 16.3. The van der Waals surface area contributed by atoms with Crippen molar-refractivity contribution in [3.05, 3.63) is 119 Å². The zero-order chi connectivity index (χ0) is 53.4. The largest absolute Gasteiger partial charge is 0.465 e. The Labute approximate surface area is 461 Å². The molecule has 0 saturated carbocycles. The second kappa shape index (κ2) is 40.9. The number of ether oxygens (including phenoxy) is 1. The zero-order valence-electron chi connectivity index (χ0n) is 48.4. The first-order chi connectivity index (χ1) is 36.7. The number of hydrogen-bond donors (Lipinski definition) is 0. The molecule has 1 atom stereocenters. The maximum atomic E-state index is 6.85. The smallest absolute Gasteiger partial charge is 0.417 e. The van der Waals surface area contributed by atoms with Gasteiger partial charge in [-0.15, -0.1) is 0 Å². The van der Waals surface area contributed by atoms with E-state index in [-0.39, 0.29) is 6.61 Å². The molecule has 0 aliphatic heterocycles. The summed E-state index contributed by atoms with van der Waals surface area (Å²) in [5.74, 6) is 2.12. The van der Waals surface area contributed by atoms with E-state index in [0.29, 0.717) is 0 Å². The molecule has 420 valence electrons. The highest BCUT2D eigenvalue weighted by molar-refractivity contribution is 7.42. The molecule has 0 bridgehead atoms. The molecule has 0 aromatic heterocycles.